The van der Waals surface area contributed by atoms with E-state index in [1.165, 1.54) is 19.2 Å². The summed E-state index contributed by atoms with van der Waals surface area (Å²) in [5, 5.41) is 0. The number of fused-ring (bicyclic) bond motifs is 3. The molecule has 1 fully saturated rings. The lowest BCUT2D eigenvalue weighted by Crippen LogP contribution is -2.46. The Bertz CT molecular complexity index is 1140. The molecule has 0 radical (unpaired) electrons. The number of para-hydroxylation sites is 1. The number of halogens is 2. The summed E-state index contributed by atoms with van der Waals surface area (Å²) in [5.74, 6) is -1.92. The van der Waals surface area contributed by atoms with Crippen LogP contribution in [-0.4, -0.2) is 55.0 Å². The number of amides is 1. The lowest BCUT2D eigenvalue weighted by Gasteiger charge is -2.32. The molecule has 0 spiro atoms. The number of rotatable bonds is 3. The van der Waals surface area contributed by atoms with E-state index in [1.807, 2.05) is 29.2 Å². The highest BCUT2D eigenvalue weighted by molar-refractivity contribution is 7.88. The van der Waals surface area contributed by atoms with Crippen molar-refractivity contribution in [2.45, 2.75) is 51.4 Å². The molecule has 0 aliphatic carbocycles. The summed E-state index contributed by atoms with van der Waals surface area (Å²) >= 11 is 0. The zero-order valence-electron chi connectivity index (χ0n) is 18.9. The number of anilines is 1. The second kappa shape index (κ2) is 9.48. The molecule has 2 aromatic carbocycles. The fourth-order valence-electron chi connectivity index (χ4n) is 5.19. The van der Waals surface area contributed by atoms with E-state index >= 15 is 0 Å². The molecule has 2 aliphatic rings. The van der Waals surface area contributed by atoms with Crippen LogP contribution < -0.4 is 4.90 Å². The first kappa shape index (κ1) is 23.8. The molecule has 2 heterocycles. The summed E-state index contributed by atoms with van der Waals surface area (Å²) in [5.41, 5.74) is 1.86. The standard InChI is InChI=1S/C24H29F2N3O3S/c1-17(30)28-13-12-20-10-11-21(29(20)33(2,31)32)16-27(14-18-6-3-4-9-23(18)28)15-19-7-5-8-22(25)24(19)26/h3-9,20-21H,10-16H2,1-2H3/t20-,21+/m1/s1. The second-order valence-electron chi connectivity index (χ2n) is 8.95. The van der Waals surface area contributed by atoms with Crippen molar-refractivity contribution in [3.63, 3.8) is 0 Å². The number of hydrogen-bond acceptors (Lipinski definition) is 4. The first-order chi connectivity index (χ1) is 15.6. The van der Waals surface area contributed by atoms with Crippen LogP contribution in [0.2, 0.25) is 0 Å². The molecule has 33 heavy (non-hydrogen) atoms. The highest BCUT2D eigenvalue weighted by Gasteiger charge is 2.40. The van der Waals surface area contributed by atoms with Gasteiger partial charge < -0.3 is 4.90 Å². The summed E-state index contributed by atoms with van der Waals surface area (Å²) in [6.07, 6.45) is 3.14. The van der Waals surface area contributed by atoms with E-state index < -0.39 is 21.7 Å². The van der Waals surface area contributed by atoms with Crippen LogP contribution in [0.1, 0.15) is 37.3 Å². The average Bonchev–Trinajstić information content (AvgIpc) is 3.13. The molecule has 2 atom stereocenters. The quantitative estimate of drug-likeness (QED) is 0.679. The molecule has 0 unspecified atom stereocenters. The lowest BCUT2D eigenvalue weighted by atomic mass is 10.1. The zero-order valence-corrected chi connectivity index (χ0v) is 19.7. The SMILES string of the molecule is CC(=O)N1CC[C@H]2CC[C@@H](CN(Cc3cccc(F)c3F)Cc3ccccc31)N2S(C)(=O)=O. The number of sulfonamides is 1. The number of carbonyl (C=O) groups excluding carboxylic acids is 1. The Morgan fingerprint density at radius 1 is 1.03 bits per heavy atom. The molecule has 4 rings (SSSR count). The van der Waals surface area contributed by atoms with Gasteiger partial charge in [0, 0.05) is 56.4 Å². The minimum atomic E-state index is -3.49. The summed E-state index contributed by atoms with van der Waals surface area (Å²) < 4.78 is 55.4. The van der Waals surface area contributed by atoms with Crippen molar-refractivity contribution in [1.29, 1.82) is 0 Å². The zero-order chi connectivity index (χ0) is 23.8. The first-order valence-electron chi connectivity index (χ1n) is 11.1. The molecule has 1 amide bonds. The van der Waals surface area contributed by atoms with Crippen molar-refractivity contribution in [3.8, 4) is 0 Å². The number of nitrogens with zero attached hydrogens (tertiary/aromatic N) is 3. The minimum Gasteiger partial charge on any atom is -0.312 e. The van der Waals surface area contributed by atoms with Crippen LogP contribution in [0.4, 0.5) is 14.5 Å². The maximum absolute atomic E-state index is 14.5. The molecule has 178 valence electrons. The normalized spacial score (nSPS) is 22.6. The van der Waals surface area contributed by atoms with Crippen LogP contribution in [0.25, 0.3) is 0 Å². The van der Waals surface area contributed by atoms with E-state index in [9.17, 15) is 22.0 Å². The van der Waals surface area contributed by atoms with Gasteiger partial charge in [0.25, 0.3) is 0 Å². The summed E-state index contributed by atoms with van der Waals surface area (Å²) in [6, 6.07) is 11.2. The molecule has 6 nitrogen and oxygen atoms in total. The topological polar surface area (TPSA) is 60.9 Å². The Kier molecular flexibility index (Phi) is 6.83. The predicted octanol–water partition coefficient (Wildman–Crippen LogP) is 3.52. The maximum atomic E-state index is 14.5. The van der Waals surface area contributed by atoms with E-state index in [2.05, 4.69) is 0 Å². The van der Waals surface area contributed by atoms with Crippen LogP contribution in [0, 0.1) is 11.6 Å². The largest absolute Gasteiger partial charge is 0.312 e. The number of carbonyl (C=O) groups is 1. The van der Waals surface area contributed by atoms with E-state index in [0.717, 1.165) is 17.3 Å². The van der Waals surface area contributed by atoms with Crippen LogP contribution in [0.3, 0.4) is 0 Å². The van der Waals surface area contributed by atoms with Gasteiger partial charge in [-0.2, -0.15) is 4.31 Å². The van der Waals surface area contributed by atoms with Gasteiger partial charge in [0.2, 0.25) is 15.9 Å². The van der Waals surface area contributed by atoms with Crippen LogP contribution in [0.15, 0.2) is 42.5 Å². The Balaban J connectivity index is 1.77. The second-order valence-corrected chi connectivity index (χ2v) is 10.8. The van der Waals surface area contributed by atoms with Crippen LogP contribution in [0.5, 0.6) is 0 Å². The van der Waals surface area contributed by atoms with Gasteiger partial charge in [-0.15, -0.1) is 0 Å². The average molecular weight is 478 g/mol. The van der Waals surface area contributed by atoms with Crippen molar-refractivity contribution in [1.82, 2.24) is 9.21 Å². The highest BCUT2D eigenvalue weighted by atomic mass is 32.2. The van der Waals surface area contributed by atoms with Gasteiger partial charge in [-0.1, -0.05) is 30.3 Å². The van der Waals surface area contributed by atoms with Crippen molar-refractivity contribution in [2.75, 3.05) is 24.2 Å². The molecule has 0 aromatic heterocycles. The molecule has 0 N–H and O–H groups in total. The summed E-state index contributed by atoms with van der Waals surface area (Å²) in [7, 11) is -3.49. The molecular weight excluding hydrogens is 448 g/mol. The molecular formula is C24H29F2N3O3S. The third kappa shape index (κ3) is 5.10. The monoisotopic (exact) mass is 477 g/mol. The van der Waals surface area contributed by atoms with E-state index in [0.29, 0.717) is 38.9 Å². The van der Waals surface area contributed by atoms with Crippen LogP contribution >= 0.6 is 0 Å². The molecule has 9 heteroatoms. The highest BCUT2D eigenvalue weighted by Crippen LogP contribution is 2.33. The summed E-state index contributed by atoms with van der Waals surface area (Å²) in [4.78, 5) is 16.2. The molecule has 2 aliphatic heterocycles. The van der Waals surface area contributed by atoms with E-state index in [-0.39, 0.29) is 30.1 Å². The Labute approximate surface area is 193 Å². The van der Waals surface area contributed by atoms with Gasteiger partial charge in [0.15, 0.2) is 11.6 Å². The van der Waals surface area contributed by atoms with Crippen molar-refractivity contribution >= 4 is 21.6 Å². The third-order valence-corrected chi connectivity index (χ3v) is 7.93. The van der Waals surface area contributed by atoms with Gasteiger partial charge >= 0.3 is 0 Å². The molecule has 0 saturated carbocycles. The Morgan fingerprint density at radius 3 is 2.48 bits per heavy atom. The predicted molar refractivity (Wildman–Crippen MR) is 123 cm³/mol. The van der Waals surface area contributed by atoms with Crippen molar-refractivity contribution < 1.29 is 22.0 Å². The van der Waals surface area contributed by atoms with Gasteiger partial charge in [-0.3, -0.25) is 9.69 Å². The summed E-state index contributed by atoms with van der Waals surface area (Å²) in [6.45, 7) is 2.79. The molecule has 2 bridgehead atoms. The minimum absolute atomic E-state index is 0.120. The molecule has 1 saturated heterocycles. The van der Waals surface area contributed by atoms with E-state index in [1.54, 1.807) is 15.3 Å². The Morgan fingerprint density at radius 2 is 1.76 bits per heavy atom. The van der Waals surface area contributed by atoms with Gasteiger partial charge in [0.1, 0.15) is 0 Å². The fraction of sp³-hybridized carbons (Fsp3) is 0.458. The number of hydrogen-bond donors (Lipinski definition) is 0. The number of benzene rings is 2. The smallest absolute Gasteiger partial charge is 0.223 e. The van der Waals surface area contributed by atoms with E-state index in [4.69, 9.17) is 0 Å². The lowest BCUT2D eigenvalue weighted by molar-refractivity contribution is -0.116. The first-order valence-corrected chi connectivity index (χ1v) is 13.0. The van der Waals surface area contributed by atoms with Gasteiger partial charge in [-0.25, -0.2) is 17.2 Å². The third-order valence-electron chi connectivity index (χ3n) is 6.57. The fourth-order valence-corrected chi connectivity index (χ4v) is 6.66. The van der Waals surface area contributed by atoms with Gasteiger partial charge in [0.05, 0.1) is 6.26 Å². The molecule has 2 aromatic rings. The van der Waals surface area contributed by atoms with Gasteiger partial charge in [-0.05, 0) is 37.0 Å². The van der Waals surface area contributed by atoms with Crippen molar-refractivity contribution in [2.24, 2.45) is 0 Å². The van der Waals surface area contributed by atoms with Crippen LogP contribution in [-0.2, 0) is 27.9 Å². The maximum Gasteiger partial charge on any atom is 0.223 e. The van der Waals surface area contributed by atoms with Crippen molar-refractivity contribution in [3.05, 3.63) is 65.2 Å². The Hall–Kier alpha value is -2.36.